The number of hydrogen-bond donors (Lipinski definition) is 1. The van der Waals surface area contributed by atoms with Crippen molar-refractivity contribution in [2.45, 2.75) is 19.9 Å². The summed E-state index contributed by atoms with van der Waals surface area (Å²) in [5, 5.41) is 8.16. The van der Waals surface area contributed by atoms with Gasteiger partial charge in [0.05, 0.1) is 35.1 Å². The van der Waals surface area contributed by atoms with E-state index in [1.54, 1.807) is 18.0 Å². The summed E-state index contributed by atoms with van der Waals surface area (Å²) >= 11 is 0. The average molecular weight is 338 g/mol. The molecule has 0 spiro atoms. The summed E-state index contributed by atoms with van der Waals surface area (Å²) in [5.41, 5.74) is 4.19. The van der Waals surface area contributed by atoms with Gasteiger partial charge in [0.25, 0.3) is 5.91 Å². The Balaban J connectivity index is 1.92. The first kappa shape index (κ1) is 17.1. The van der Waals surface area contributed by atoms with Crippen molar-refractivity contribution in [3.63, 3.8) is 0 Å². The van der Waals surface area contributed by atoms with Crippen molar-refractivity contribution in [2.75, 3.05) is 13.7 Å². The molecule has 3 aromatic rings. The number of benzene rings is 1. The van der Waals surface area contributed by atoms with Crippen LogP contribution in [0, 0.1) is 13.8 Å². The molecule has 0 radical (unpaired) electrons. The number of fused-ring (bicyclic) bond motifs is 1. The zero-order valence-corrected chi connectivity index (χ0v) is 14.9. The summed E-state index contributed by atoms with van der Waals surface area (Å²) in [5.74, 6) is -0.170. The Morgan fingerprint density at radius 2 is 2.08 bits per heavy atom. The van der Waals surface area contributed by atoms with Crippen LogP contribution in [0.25, 0.3) is 10.9 Å². The van der Waals surface area contributed by atoms with E-state index in [0.29, 0.717) is 17.9 Å². The van der Waals surface area contributed by atoms with E-state index in [0.717, 1.165) is 22.2 Å². The fourth-order valence-corrected chi connectivity index (χ4v) is 2.95. The number of nitrogens with zero attached hydrogens (tertiary/aromatic N) is 3. The number of aromatic nitrogens is 3. The van der Waals surface area contributed by atoms with E-state index in [1.807, 2.05) is 51.2 Å². The minimum Gasteiger partial charge on any atom is -0.382 e. The summed E-state index contributed by atoms with van der Waals surface area (Å²) in [7, 11) is 3.46. The van der Waals surface area contributed by atoms with Crippen molar-refractivity contribution in [1.29, 1.82) is 0 Å². The second-order valence-corrected chi connectivity index (χ2v) is 6.18. The van der Waals surface area contributed by atoms with Gasteiger partial charge in [-0.1, -0.05) is 11.6 Å². The second-order valence-electron chi connectivity index (χ2n) is 6.18. The van der Waals surface area contributed by atoms with Crippen LogP contribution in [0.1, 0.15) is 33.4 Å². The number of rotatable bonds is 5. The quantitative estimate of drug-likeness (QED) is 0.776. The third-order valence-electron chi connectivity index (χ3n) is 4.26. The molecule has 130 valence electrons. The number of amides is 1. The van der Waals surface area contributed by atoms with Crippen LogP contribution in [0.3, 0.4) is 0 Å². The van der Waals surface area contributed by atoms with Gasteiger partial charge < -0.3 is 10.1 Å². The largest absolute Gasteiger partial charge is 0.382 e. The van der Waals surface area contributed by atoms with Gasteiger partial charge in [-0.25, -0.2) is 0 Å². The molecule has 0 saturated carbocycles. The first-order valence-electron chi connectivity index (χ1n) is 8.15. The fourth-order valence-electron chi connectivity index (χ4n) is 2.95. The number of ether oxygens (including phenoxy) is 1. The molecule has 0 aliphatic rings. The first-order valence-corrected chi connectivity index (χ1v) is 8.15. The smallest absolute Gasteiger partial charge is 0.253 e. The minimum atomic E-state index is -0.280. The molecule has 1 amide bonds. The standard InChI is InChI=1S/C19H22N4O2/c1-12-5-6-16-14(9-12)10-15(13(2)21-16)19(24)22-17(11-25-4)18-7-8-20-23(18)3/h5-10,17H,11H2,1-4H3,(H,22,24)/t17-/m0/s1. The van der Waals surface area contributed by atoms with Crippen LogP contribution in [0.2, 0.25) is 0 Å². The summed E-state index contributed by atoms with van der Waals surface area (Å²) in [4.78, 5) is 17.4. The zero-order chi connectivity index (χ0) is 18.0. The molecule has 1 atom stereocenters. The van der Waals surface area contributed by atoms with Gasteiger partial charge in [-0.2, -0.15) is 5.10 Å². The number of nitrogens with one attached hydrogen (secondary N) is 1. The van der Waals surface area contributed by atoms with Crippen LogP contribution in [-0.2, 0) is 11.8 Å². The summed E-state index contributed by atoms with van der Waals surface area (Å²) in [6.45, 7) is 4.24. The summed E-state index contributed by atoms with van der Waals surface area (Å²) < 4.78 is 7.00. The van der Waals surface area contributed by atoms with Crippen LogP contribution in [0.5, 0.6) is 0 Å². The maximum atomic E-state index is 12.8. The molecule has 0 fully saturated rings. The lowest BCUT2D eigenvalue weighted by molar-refractivity contribution is 0.0891. The van der Waals surface area contributed by atoms with Gasteiger partial charge in [0.15, 0.2) is 0 Å². The van der Waals surface area contributed by atoms with Crippen molar-refractivity contribution in [3.05, 3.63) is 59.0 Å². The predicted molar refractivity (Wildman–Crippen MR) is 96.5 cm³/mol. The predicted octanol–water partition coefficient (Wildman–Crippen LogP) is 2.70. The first-order chi connectivity index (χ1) is 12.0. The van der Waals surface area contributed by atoms with E-state index in [1.165, 1.54) is 0 Å². The Morgan fingerprint density at radius 3 is 2.76 bits per heavy atom. The van der Waals surface area contributed by atoms with E-state index in [9.17, 15) is 4.79 Å². The topological polar surface area (TPSA) is 69.0 Å². The van der Waals surface area contributed by atoms with Gasteiger partial charge in [-0.05, 0) is 38.1 Å². The molecule has 6 heteroatoms. The Kier molecular flexibility index (Phi) is 4.81. The Hall–Kier alpha value is -2.73. The molecule has 25 heavy (non-hydrogen) atoms. The monoisotopic (exact) mass is 338 g/mol. The number of methoxy groups -OCH3 is 1. The van der Waals surface area contributed by atoms with Crippen LogP contribution >= 0.6 is 0 Å². The van der Waals surface area contributed by atoms with E-state index >= 15 is 0 Å². The highest BCUT2D eigenvalue weighted by Crippen LogP contribution is 2.19. The SMILES string of the molecule is COC[C@H](NC(=O)c1cc2cc(C)ccc2nc1C)c1ccnn1C. The van der Waals surface area contributed by atoms with Crippen LogP contribution in [0.15, 0.2) is 36.5 Å². The Bertz CT molecular complexity index is 917. The molecular weight excluding hydrogens is 316 g/mol. The molecule has 2 aromatic heterocycles. The van der Waals surface area contributed by atoms with Gasteiger partial charge in [-0.3, -0.25) is 14.5 Å². The van der Waals surface area contributed by atoms with Crippen molar-refractivity contribution < 1.29 is 9.53 Å². The van der Waals surface area contributed by atoms with E-state index in [4.69, 9.17) is 4.74 Å². The van der Waals surface area contributed by atoms with Crippen molar-refractivity contribution in [2.24, 2.45) is 7.05 Å². The fraction of sp³-hybridized carbons (Fsp3) is 0.316. The van der Waals surface area contributed by atoms with Crippen LogP contribution in [0.4, 0.5) is 0 Å². The highest BCUT2D eigenvalue weighted by atomic mass is 16.5. The van der Waals surface area contributed by atoms with Gasteiger partial charge in [0.1, 0.15) is 0 Å². The van der Waals surface area contributed by atoms with E-state index in [-0.39, 0.29) is 11.9 Å². The molecule has 6 nitrogen and oxygen atoms in total. The van der Waals surface area contributed by atoms with E-state index < -0.39 is 0 Å². The lowest BCUT2D eigenvalue weighted by atomic mass is 10.1. The molecule has 0 aliphatic carbocycles. The number of carbonyl (C=O) groups excluding carboxylic acids is 1. The average Bonchev–Trinajstić information content (AvgIpc) is 3.00. The molecule has 2 heterocycles. The lowest BCUT2D eigenvalue weighted by Gasteiger charge is -2.19. The molecule has 0 unspecified atom stereocenters. The lowest BCUT2D eigenvalue weighted by Crippen LogP contribution is -2.33. The molecular formula is C19H22N4O2. The molecule has 1 N–H and O–H groups in total. The Morgan fingerprint density at radius 1 is 1.28 bits per heavy atom. The van der Waals surface area contributed by atoms with Gasteiger partial charge in [0.2, 0.25) is 0 Å². The van der Waals surface area contributed by atoms with Gasteiger partial charge >= 0.3 is 0 Å². The summed E-state index contributed by atoms with van der Waals surface area (Å²) in [6.07, 6.45) is 1.70. The molecule has 0 bridgehead atoms. The third kappa shape index (κ3) is 3.53. The maximum absolute atomic E-state index is 12.8. The molecule has 0 saturated heterocycles. The third-order valence-corrected chi connectivity index (χ3v) is 4.26. The summed E-state index contributed by atoms with van der Waals surface area (Å²) in [6, 6.07) is 9.52. The van der Waals surface area contributed by atoms with Gasteiger partial charge in [-0.15, -0.1) is 0 Å². The zero-order valence-electron chi connectivity index (χ0n) is 14.9. The second kappa shape index (κ2) is 7.03. The van der Waals surface area contributed by atoms with Crippen LogP contribution < -0.4 is 5.32 Å². The van der Waals surface area contributed by atoms with Gasteiger partial charge in [0, 0.05) is 25.7 Å². The molecule has 3 rings (SSSR count). The number of pyridine rings is 1. The normalized spacial score (nSPS) is 12.3. The minimum absolute atomic E-state index is 0.170. The van der Waals surface area contributed by atoms with Crippen molar-refractivity contribution in [3.8, 4) is 0 Å². The van der Waals surface area contributed by atoms with Crippen molar-refractivity contribution >= 4 is 16.8 Å². The number of hydrogen-bond acceptors (Lipinski definition) is 4. The molecule has 1 aromatic carbocycles. The van der Waals surface area contributed by atoms with Crippen molar-refractivity contribution in [1.82, 2.24) is 20.1 Å². The van der Waals surface area contributed by atoms with Crippen LogP contribution in [-0.4, -0.2) is 34.4 Å². The highest BCUT2D eigenvalue weighted by Gasteiger charge is 2.20. The highest BCUT2D eigenvalue weighted by molar-refractivity contribution is 5.98. The number of aryl methyl sites for hydroxylation is 3. The Labute approximate surface area is 146 Å². The maximum Gasteiger partial charge on any atom is 0.253 e. The molecule has 0 aliphatic heterocycles. The number of carbonyl (C=O) groups is 1. The van der Waals surface area contributed by atoms with E-state index in [2.05, 4.69) is 15.4 Å².